The summed E-state index contributed by atoms with van der Waals surface area (Å²) < 4.78 is 1.68. The van der Waals surface area contributed by atoms with Crippen molar-refractivity contribution in [3.63, 3.8) is 0 Å². The van der Waals surface area contributed by atoms with Gasteiger partial charge in [-0.1, -0.05) is 0 Å². The third kappa shape index (κ3) is 3.36. The van der Waals surface area contributed by atoms with Gasteiger partial charge in [-0.05, 0) is 38.3 Å². The van der Waals surface area contributed by atoms with E-state index in [1.54, 1.807) is 22.5 Å². The Labute approximate surface area is 105 Å². The number of carbonyl (C=O) groups is 2. The van der Waals surface area contributed by atoms with Crippen molar-refractivity contribution in [2.45, 2.75) is 26.3 Å². The Morgan fingerprint density at radius 3 is 2.65 bits per heavy atom. The molecule has 0 spiro atoms. The van der Waals surface area contributed by atoms with Crippen LogP contribution in [0.3, 0.4) is 0 Å². The third-order valence-electron chi connectivity index (χ3n) is 2.69. The molecule has 0 radical (unpaired) electrons. The molecule has 0 fully saturated rings. The fraction of sp³-hybridized carbons (Fsp3) is 0.500. The predicted octanol–water partition coefficient (Wildman–Crippen LogP) is 2.70. The van der Waals surface area contributed by atoms with Crippen LogP contribution in [0.4, 0.5) is 0 Å². The van der Waals surface area contributed by atoms with Crippen LogP contribution < -0.4 is 0 Å². The van der Waals surface area contributed by atoms with Gasteiger partial charge in [0.15, 0.2) is 5.78 Å². The van der Waals surface area contributed by atoms with Crippen LogP contribution in [0.1, 0.15) is 47.2 Å². The molecular formula is C12H17NO3S. The van der Waals surface area contributed by atoms with Gasteiger partial charge in [0.1, 0.15) is 5.69 Å². The Balaban J connectivity index is 3.03. The molecule has 0 amide bonds. The Morgan fingerprint density at radius 1 is 1.53 bits per heavy atom. The first-order chi connectivity index (χ1) is 7.97. The molecule has 0 aliphatic carbocycles. The zero-order chi connectivity index (χ0) is 13.0. The molecule has 4 nitrogen and oxygen atoms in total. The van der Waals surface area contributed by atoms with Crippen molar-refractivity contribution in [3.05, 3.63) is 23.5 Å². The van der Waals surface area contributed by atoms with E-state index in [-0.39, 0.29) is 17.5 Å². The maximum absolute atomic E-state index is 11.3. The predicted molar refractivity (Wildman–Crippen MR) is 69.1 cm³/mol. The average molecular weight is 255 g/mol. The first-order valence-corrected chi connectivity index (χ1v) is 6.81. The van der Waals surface area contributed by atoms with Gasteiger partial charge in [-0.25, -0.2) is 4.79 Å². The summed E-state index contributed by atoms with van der Waals surface area (Å²) in [5.41, 5.74) is 0.641. The number of Topliss-reactive ketones (excluding diaryl/α,β-unsaturated/α-hetero) is 1. The molecule has 0 saturated carbocycles. The summed E-state index contributed by atoms with van der Waals surface area (Å²) in [7, 11) is 0. The van der Waals surface area contributed by atoms with Crippen LogP contribution in [0.5, 0.6) is 0 Å². The largest absolute Gasteiger partial charge is 0.477 e. The number of carboxylic acids is 1. The molecule has 0 aliphatic rings. The summed E-state index contributed by atoms with van der Waals surface area (Å²) in [6.45, 7) is 3.41. The molecule has 0 saturated heterocycles. The van der Waals surface area contributed by atoms with Crippen LogP contribution in [0.15, 0.2) is 12.3 Å². The van der Waals surface area contributed by atoms with Gasteiger partial charge in [-0.15, -0.1) is 0 Å². The van der Waals surface area contributed by atoms with Crippen molar-refractivity contribution < 1.29 is 14.7 Å². The molecule has 0 aromatic carbocycles. The van der Waals surface area contributed by atoms with Crippen LogP contribution >= 0.6 is 11.8 Å². The van der Waals surface area contributed by atoms with Crippen LogP contribution in [-0.4, -0.2) is 33.4 Å². The van der Waals surface area contributed by atoms with Crippen molar-refractivity contribution in [3.8, 4) is 0 Å². The summed E-state index contributed by atoms with van der Waals surface area (Å²) in [5, 5.41) is 9.10. The molecule has 1 heterocycles. The summed E-state index contributed by atoms with van der Waals surface area (Å²) in [4.78, 5) is 22.4. The molecule has 1 aromatic rings. The smallest absolute Gasteiger partial charge is 0.352 e. The van der Waals surface area contributed by atoms with Crippen molar-refractivity contribution in [2.24, 2.45) is 0 Å². The Hall–Kier alpha value is -1.23. The lowest BCUT2D eigenvalue weighted by Gasteiger charge is -2.15. The highest BCUT2D eigenvalue weighted by molar-refractivity contribution is 7.98. The van der Waals surface area contributed by atoms with E-state index in [1.165, 1.54) is 13.0 Å². The number of nitrogens with zero attached hydrogens (tertiary/aromatic N) is 1. The van der Waals surface area contributed by atoms with E-state index in [9.17, 15) is 9.59 Å². The van der Waals surface area contributed by atoms with Crippen LogP contribution in [0.2, 0.25) is 0 Å². The monoisotopic (exact) mass is 255 g/mol. The number of rotatable bonds is 6. The van der Waals surface area contributed by atoms with Crippen LogP contribution in [-0.2, 0) is 0 Å². The fourth-order valence-electron chi connectivity index (χ4n) is 1.64. The number of hydrogen-bond donors (Lipinski definition) is 1. The number of carbonyl (C=O) groups excluding carboxylic acids is 1. The molecule has 5 heteroatoms. The molecule has 0 bridgehead atoms. The summed E-state index contributed by atoms with van der Waals surface area (Å²) in [6.07, 6.45) is 4.53. The minimum atomic E-state index is -0.992. The second-order valence-corrected chi connectivity index (χ2v) is 5.00. The number of thioether (sulfide) groups is 1. The van der Waals surface area contributed by atoms with E-state index in [0.717, 1.165) is 12.2 Å². The first-order valence-electron chi connectivity index (χ1n) is 5.42. The molecule has 1 rings (SSSR count). The maximum Gasteiger partial charge on any atom is 0.352 e. The minimum absolute atomic E-state index is 0.0849. The molecule has 94 valence electrons. The van der Waals surface area contributed by atoms with E-state index in [4.69, 9.17) is 5.11 Å². The van der Waals surface area contributed by atoms with Gasteiger partial charge in [0.05, 0.1) is 0 Å². The van der Waals surface area contributed by atoms with Crippen molar-refractivity contribution >= 4 is 23.5 Å². The fourth-order valence-corrected chi connectivity index (χ4v) is 2.21. The first kappa shape index (κ1) is 13.8. The second kappa shape index (κ2) is 5.91. The van der Waals surface area contributed by atoms with Gasteiger partial charge < -0.3 is 9.67 Å². The SMILES string of the molecule is CSCCC(C)n1cc(C(C)=O)cc1C(=O)O. The van der Waals surface area contributed by atoms with Gasteiger partial charge in [-0.3, -0.25) is 4.79 Å². The lowest BCUT2D eigenvalue weighted by Crippen LogP contribution is -2.12. The molecule has 0 aliphatic heterocycles. The number of aromatic carboxylic acids is 1. The Morgan fingerprint density at radius 2 is 2.18 bits per heavy atom. The van der Waals surface area contributed by atoms with Gasteiger partial charge in [0.25, 0.3) is 0 Å². The topological polar surface area (TPSA) is 59.3 Å². The number of aromatic nitrogens is 1. The van der Waals surface area contributed by atoms with Gasteiger partial charge in [0.2, 0.25) is 0 Å². The van der Waals surface area contributed by atoms with Gasteiger partial charge in [0, 0.05) is 17.8 Å². The van der Waals surface area contributed by atoms with Gasteiger partial charge >= 0.3 is 5.97 Å². The van der Waals surface area contributed by atoms with E-state index in [2.05, 4.69) is 0 Å². The quantitative estimate of drug-likeness (QED) is 0.794. The zero-order valence-corrected chi connectivity index (χ0v) is 11.1. The van der Waals surface area contributed by atoms with Crippen molar-refractivity contribution in [1.29, 1.82) is 0 Å². The molecule has 17 heavy (non-hydrogen) atoms. The van der Waals surface area contributed by atoms with E-state index in [1.807, 2.05) is 13.2 Å². The highest BCUT2D eigenvalue weighted by Crippen LogP contribution is 2.20. The van der Waals surface area contributed by atoms with Gasteiger partial charge in [-0.2, -0.15) is 11.8 Å². The minimum Gasteiger partial charge on any atom is -0.477 e. The zero-order valence-electron chi connectivity index (χ0n) is 10.3. The highest BCUT2D eigenvalue weighted by atomic mass is 32.2. The van der Waals surface area contributed by atoms with E-state index >= 15 is 0 Å². The number of hydrogen-bond acceptors (Lipinski definition) is 3. The Bertz CT molecular complexity index is 425. The van der Waals surface area contributed by atoms with Crippen LogP contribution in [0, 0.1) is 0 Å². The molecule has 1 atom stereocenters. The summed E-state index contributed by atoms with van der Waals surface area (Å²) >= 11 is 1.72. The second-order valence-electron chi connectivity index (χ2n) is 4.01. The van der Waals surface area contributed by atoms with E-state index < -0.39 is 5.97 Å². The van der Waals surface area contributed by atoms with E-state index in [0.29, 0.717) is 5.56 Å². The molecular weight excluding hydrogens is 238 g/mol. The maximum atomic E-state index is 11.3. The molecule has 1 aromatic heterocycles. The average Bonchev–Trinajstić information content (AvgIpc) is 2.70. The highest BCUT2D eigenvalue weighted by Gasteiger charge is 2.17. The van der Waals surface area contributed by atoms with Crippen LogP contribution in [0.25, 0.3) is 0 Å². The molecule has 1 unspecified atom stereocenters. The van der Waals surface area contributed by atoms with Crippen molar-refractivity contribution in [1.82, 2.24) is 4.57 Å². The number of carboxylic acid groups (broad SMARTS) is 1. The molecule has 1 N–H and O–H groups in total. The summed E-state index contributed by atoms with van der Waals surface area (Å²) in [6, 6.07) is 1.53. The summed E-state index contributed by atoms with van der Waals surface area (Å²) in [5.74, 6) is -0.134. The lowest BCUT2D eigenvalue weighted by atomic mass is 10.2. The lowest BCUT2D eigenvalue weighted by molar-refractivity contribution is 0.0683. The van der Waals surface area contributed by atoms with Crippen molar-refractivity contribution in [2.75, 3.05) is 12.0 Å². The third-order valence-corrected chi connectivity index (χ3v) is 3.33. The standard InChI is InChI=1S/C12H17NO3S/c1-8(4-5-17-3)13-7-10(9(2)14)6-11(13)12(15)16/h6-8H,4-5H2,1-3H3,(H,15,16). The number of ketones is 1. The normalized spacial score (nSPS) is 12.4. The Kier molecular flexibility index (Phi) is 4.81.